The molecule has 174 valence electrons. The predicted molar refractivity (Wildman–Crippen MR) is 103 cm³/mol. The highest BCUT2D eigenvalue weighted by atomic mass is 16.7. The molecule has 2 saturated heterocycles. The van der Waals surface area contributed by atoms with Crippen LogP contribution in [0.4, 0.5) is 0 Å². The van der Waals surface area contributed by atoms with Gasteiger partial charge in [0.1, 0.15) is 54.2 Å². The van der Waals surface area contributed by atoms with Crippen molar-refractivity contribution in [2.75, 3.05) is 20.3 Å². The van der Waals surface area contributed by atoms with Gasteiger partial charge < -0.3 is 54.3 Å². The van der Waals surface area contributed by atoms with Crippen molar-refractivity contribution in [1.82, 2.24) is 0 Å². The van der Waals surface area contributed by atoms with Gasteiger partial charge in [0.25, 0.3) is 0 Å². The Bertz CT molecular complexity index is 726. The van der Waals surface area contributed by atoms with Crippen LogP contribution in [0, 0.1) is 0 Å². The molecule has 6 N–H and O–H groups in total. The van der Waals surface area contributed by atoms with Crippen LogP contribution >= 0.6 is 0 Å². The van der Waals surface area contributed by atoms with Crippen LogP contribution in [0.2, 0.25) is 0 Å². The largest absolute Gasteiger partial charge is 0.497 e. The summed E-state index contributed by atoms with van der Waals surface area (Å²) in [4.78, 5) is 0. The standard InChI is InChI=1S/C20H28O11/c1-9-14(22)15(23)12(7-21)30-19(9)28-8-13-16(24)17(25)18(26)20(31-13)29-11-5-3-10(27-2)4-6-11/h3-6,12-26H,1,7-8H2,2H3/t12-,13-,14-,15-,16-,17+,18-,19+,20-/m1/s1. The van der Waals surface area contributed by atoms with E-state index in [1.807, 2.05) is 0 Å². The van der Waals surface area contributed by atoms with Crippen molar-refractivity contribution in [1.29, 1.82) is 0 Å². The van der Waals surface area contributed by atoms with E-state index >= 15 is 0 Å². The van der Waals surface area contributed by atoms with E-state index < -0.39 is 61.9 Å². The Hall–Kier alpha value is -1.80. The van der Waals surface area contributed by atoms with Gasteiger partial charge in [-0.05, 0) is 24.3 Å². The van der Waals surface area contributed by atoms with Gasteiger partial charge in [0.2, 0.25) is 6.29 Å². The molecule has 11 nitrogen and oxygen atoms in total. The molecule has 0 saturated carbocycles. The van der Waals surface area contributed by atoms with Crippen LogP contribution < -0.4 is 9.47 Å². The van der Waals surface area contributed by atoms with E-state index in [-0.39, 0.29) is 12.2 Å². The van der Waals surface area contributed by atoms with Crippen LogP contribution in [-0.2, 0) is 14.2 Å². The fourth-order valence-corrected chi connectivity index (χ4v) is 3.31. The molecule has 0 radical (unpaired) electrons. The molecule has 0 spiro atoms. The second-order valence-electron chi connectivity index (χ2n) is 7.34. The lowest BCUT2D eigenvalue weighted by molar-refractivity contribution is -0.293. The maximum atomic E-state index is 10.3. The Morgan fingerprint density at radius 3 is 2.13 bits per heavy atom. The first-order chi connectivity index (χ1) is 14.8. The summed E-state index contributed by atoms with van der Waals surface area (Å²) in [5.74, 6) is 0.931. The van der Waals surface area contributed by atoms with E-state index in [0.717, 1.165) is 0 Å². The van der Waals surface area contributed by atoms with Crippen molar-refractivity contribution >= 4 is 0 Å². The zero-order valence-electron chi connectivity index (χ0n) is 16.9. The van der Waals surface area contributed by atoms with Gasteiger partial charge in [-0.25, -0.2) is 0 Å². The zero-order chi connectivity index (χ0) is 22.7. The van der Waals surface area contributed by atoms with E-state index in [1.165, 1.54) is 7.11 Å². The van der Waals surface area contributed by atoms with E-state index in [4.69, 9.17) is 23.7 Å². The van der Waals surface area contributed by atoms with Crippen molar-refractivity contribution in [3.63, 3.8) is 0 Å². The molecule has 1 aromatic carbocycles. The molecule has 2 aliphatic heterocycles. The SMILES string of the molecule is C=C1[C@@H](OC[C@H]2O[C@@H](Oc3ccc(OC)cc3)[C@H](O)[C@@H](O)[C@@H]2O)O[C@H](CO)[C@@H](O)[C@@H]1O. The van der Waals surface area contributed by atoms with E-state index in [9.17, 15) is 30.6 Å². The molecule has 2 aliphatic rings. The second kappa shape index (κ2) is 10.2. The smallest absolute Gasteiger partial charge is 0.229 e. The molecule has 9 atom stereocenters. The summed E-state index contributed by atoms with van der Waals surface area (Å²) in [5, 5.41) is 59.9. The van der Waals surface area contributed by atoms with Crippen LogP contribution in [0.1, 0.15) is 0 Å². The molecule has 3 rings (SSSR count). The van der Waals surface area contributed by atoms with Gasteiger partial charge in [0.05, 0.1) is 20.3 Å². The molecule has 0 unspecified atom stereocenters. The average molecular weight is 444 g/mol. The van der Waals surface area contributed by atoms with Gasteiger partial charge in [0.15, 0.2) is 6.29 Å². The Kier molecular flexibility index (Phi) is 7.86. The van der Waals surface area contributed by atoms with E-state index in [2.05, 4.69) is 6.58 Å². The predicted octanol–water partition coefficient (Wildman–Crippen LogP) is -2.11. The minimum absolute atomic E-state index is 0.0223. The van der Waals surface area contributed by atoms with Crippen molar-refractivity contribution < 1.29 is 54.3 Å². The van der Waals surface area contributed by atoms with Crippen molar-refractivity contribution in [2.24, 2.45) is 0 Å². The lowest BCUT2D eigenvalue weighted by Crippen LogP contribution is -2.60. The first kappa shape index (κ1) is 23.9. The highest BCUT2D eigenvalue weighted by Crippen LogP contribution is 2.28. The molecular weight excluding hydrogens is 416 g/mol. The maximum Gasteiger partial charge on any atom is 0.229 e. The number of aliphatic hydroxyl groups excluding tert-OH is 6. The molecular formula is C20H28O11. The van der Waals surface area contributed by atoms with Gasteiger partial charge in [-0.3, -0.25) is 0 Å². The summed E-state index contributed by atoms with van der Waals surface area (Å²) in [6.07, 6.45) is -12.1. The molecule has 0 aliphatic carbocycles. The summed E-state index contributed by atoms with van der Waals surface area (Å²) < 4.78 is 27.1. The van der Waals surface area contributed by atoms with Crippen LogP contribution in [0.25, 0.3) is 0 Å². The first-order valence-electron chi connectivity index (χ1n) is 9.70. The third-order valence-electron chi connectivity index (χ3n) is 5.26. The Morgan fingerprint density at radius 2 is 1.52 bits per heavy atom. The minimum Gasteiger partial charge on any atom is -0.497 e. The molecule has 0 aromatic heterocycles. The van der Waals surface area contributed by atoms with E-state index in [0.29, 0.717) is 11.5 Å². The summed E-state index contributed by atoms with van der Waals surface area (Å²) in [6.45, 7) is 2.73. The number of ether oxygens (including phenoxy) is 5. The number of hydrogen-bond donors (Lipinski definition) is 6. The molecule has 31 heavy (non-hydrogen) atoms. The summed E-state index contributed by atoms with van der Waals surface area (Å²) in [7, 11) is 1.51. The van der Waals surface area contributed by atoms with Gasteiger partial charge in [0, 0.05) is 5.57 Å². The Morgan fingerprint density at radius 1 is 0.871 bits per heavy atom. The summed E-state index contributed by atoms with van der Waals surface area (Å²) >= 11 is 0. The lowest BCUT2D eigenvalue weighted by Gasteiger charge is -2.42. The van der Waals surface area contributed by atoms with Crippen LogP contribution in [-0.4, -0.2) is 106 Å². The fourth-order valence-electron chi connectivity index (χ4n) is 3.31. The van der Waals surface area contributed by atoms with Gasteiger partial charge >= 0.3 is 0 Å². The van der Waals surface area contributed by atoms with Crippen LogP contribution in [0.15, 0.2) is 36.4 Å². The van der Waals surface area contributed by atoms with Crippen LogP contribution in [0.5, 0.6) is 11.5 Å². The highest BCUT2D eigenvalue weighted by Gasteiger charge is 2.46. The third-order valence-corrected chi connectivity index (χ3v) is 5.26. The van der Waals surface area contributed by atoms with Crippen molar-refractivity contribution in [3.05, 3.63) is 36.4 Å². The number of methoxy groups -OCH3 is 1. The molecule has 0 amide bonds. The second-order valence-corrected chi connectivity index (χ2v) is 7.34. The Balaban J connectivity index is 1.64. The maximum absolute atomic E-state index is 10.3. The molecule has 11 heteroatoms. The number of aliphatic hydroxyl groups is 6. The first-order valence-corrected chi connectivity index (χ1v) is 9.70. The lowest BCUT2D eigenvalue weighted by atomic mass is 9.97. The normalized spacial score (nSPS) is 38.7. The zero-order valence-corrected chi connectivity index (χ0v) is 16.9. The highest BCUT2D eigenvalue weighted by molar-refractivity contribution is 5.31. The summed E-state index contributed by atoms with van der Waals surface area (Å²) in [5.41, 5.74) is 0.0223. The number of hydrogen-bond acceptors (Lipinski definition) is 11. The molecule has 2 fully saturated rings. The number of benzene rings is 1. The van der Waals surface area contributed by atoms with Crippen molar-refractivity contribution in [2.45, 2.75) is 55.3 Å². The third kappa shape index (κ3) is 5.17. The van der Waals surface area contributed by atoms with Crippen molar-refractivity contribution in [3.8, 4) is 11.5 Å². The van der Waals surface area contributed by atoms with Crippen LogP contribution in [0.3, 0.4) is 0 Å². The van der Waals surface area contributed by atoms with Gasteiger partial charge in [-0.15, -0.1) is 0 Å². The monoisotopic (exact) mass is 444 g/mol. The average Bonchev–Trinajstić information content (AvgIpc) is 2.78. The Labute approximate surface area is 178 Å². The summed E-state index contributed by atoms with van der Waals surface area (Å²) in [6, 6.07) is 6.44. The minimum atomic E-state index is -1.58. The molecule has 1 aromatic rings. The van der Waals surface area contributed by atoms with E-state index in [1.54, 1.807) is 24.3 Å². The van der Waals surface area contributed by atoms with Gasteiger partial charge in [-0.1, -0.05) is 6.58 Å². The quantitative estimate of drug-likeness (QED) is 0.255. The molecule has 0 bridgehead atoms. The topological polar surface area (TPSA) is 168 Å². The molecule has 2 heterocycles. The van der Waals surface area contributed by atoms with Gasteiger partial charge in [-0.2, -0.15) is 0 Å². The number of rotatable bonds is 7. The fraction of sp³-hybridized carbons (Fsp3) is 0.600.